The first kappa shape index (κ1) is 7.99. The summed E-state index contributed by atoms with van der Waals surface area (Å²) in [6.07, 6.45) is 4.90. The predicted molar refractivity (Wildman–Crippen MR) is 33.3 cm³/mol. The number of hydrogen-bond acceptors (Lipinski definition) is 2. The van der Waals surface area contributed by atoms with Crippen molar-refractivity contribution in [3.05, 3.63) is 0 Å². The van der Waals surface area contributed by atoms with Gasteiger partial charge in [0.2, 0.25) is 5.91 Å². The average molecular weight is 127 g/mol. The Morgan fingerprint density at radius 3 is 2.56 bits per heavy atom. The van der Waals surface area contributed by atoms with Gasteiger partial charge in [0.25, 0.3) is 0 Å². The van der Waals surface area contributed by atoms with Gasteiger partial charge in [0, 0.05) is 13.0 Å². The molecule has 0 bridgehead atoms. The van der Waals surface area contributed by atoms with Gasteiger partial charge in [0.1, 0.15) is 0 Å². The van der Waals surface area contributed by atoms with Crippen molar-refractivity contribution in [1.82, 2.24) is 4.90 Å². The topological polar surface area (TPSA) is 40.5 Å². The van der Waals surface area contributed by atoms with E-state index >= 15 is 0 Å². The smallest absolute Gasteiger partial charge is 0.230 e. The van der Waals surface area contributed by atoms with E-state index in [1.165, 1.54) is 6.92 Å². The van der Waals surface area contributed by atoms with E-state index in [9.17, 15) is 4.79 Å². The third-order valence-corrected chi connectivity index (χ3v) is 0.860. The lowest BCUT2D eigenvalue weighted by atomic mass is 10.5. The number of carbonyl (C=O) groups is 1. The number of amides is 1. The van der Waals surface area contributed by atoms with Gasteiger partial charge in [-0.3, -0.25) is 9.69 Å². The minimum atomic E-state index is -0.216. The normalized spacial score (nSPS) is 8.11. The van der Waals surface area contributed by atoms with E-state index in [0.717, 1.165) is 4.90 Å². The fourth-order valence-corrected chi connectivity index (χ4v) is 0.413. The van der Waals surface area contributed by atoms with Crippen LogP contribution in [-0.2, 0) is 4.79 Å². The summed E-state index contributed by atoms with van der Waals surface area (Å²) in [5.41, 5.74) is 0. The molecule has 1 amide bonds. The summed E-state index contributed by atoms with van der Waals surface area (Å²) in [5, 5.41) is 8.33. The molecule has 0 saturated carbocycles. The van der Waals surface area contributed by atoms with E-state index in [0.29, 0.717) is 0 Å². The summed E-state index contributed by atoms with van der Waals surface area (Å²) < 4.78 is 0. The van der Waals surface area contributed by atoms with Crippen molar-refractivity contribution >= 4 is 5.91 Å². The molecular formula is C6H9NO2. The van der Waals surface area contributed by atoms with Crippen LogP contribution in [0.3, 0.4) is 0 Å². The van der Waals surface area contributed by atoms with E-state index in [2.05, 4.69) is 6.04 Å². The Labute approximate surface area is 54.3 Å². The minimum absolute atomic E-state index is 0.0935. The van der Waals surface area contributed by atoms with Gasteiger partial charge >= 0.3 is 0 Å². The molecule has 3 nitrogen and oxygen atoms in total. The Kier molecular flexibility index (Phi) is 3.49. The number of aliphatic hydroxyl groups is 1. The molecule has 0 aromatic rings. The summed E-state index contributed by atoms with van der Waals surface area (Å²) in [7, 11) is 0. The molecule has 0 unspecified atom stereocenters. The molecule has 1 N–H and O–H groups in total. The zero-order valence-corrected chi connectivity index (χ0v) is 5.29. The van der Waals surface area contributed by atoms with Crippen LogP contribution in [0.2, 0.25) is 0 Å². The first-order chi connectivity index (χ1) is 4.22. The van der Waals surface area contributed by atoms with Crippen LogP contribution in [0.1, 0.15) is 6.92 Å². The van der Waals surface area contributed by atoms with E-state index in [4.69, 9.17) is 11.5 Å². The van der Waals surface area contributed by atoms with E-state index < -0.39 is 0 Å². The Hall–Kier alpha value is -1.01. The maximum atomic E-state index is 10.4. The molecule has 0 aromatic heterocycles. The quantitative estimate of drug-likeness (QED) is 0.398. The molecule has 3 heteroatoms. The summed E-state index contributed by atoms with van der Waals surface area (Å²) in [6.45, 7) is 1.48. The van der Waals surface area contributed by atoms with Crippen molar-refractivity contribution in [2.75, 3.05) is 13.2 Å². The number of aliphatic hydroxyl groups excluding tert-OH is 1. The van der Waals surface area contributed by atoms with Crippen LogP contribution in [-0.4, -0.2) is 29.1 Å². The maximum Gasteiger partial charge on any atom is 0.230 e. The van der Waals surface area contributed by atoms with E-state index in [1.54, 1.807) is 0 Å². The monoisotopic (exact) mass is 127 g/mol. The molecule has 50 valence electrons. The Balaban J connectivity index is 3.72. The highest BCUT2D eigenvalue weighted by Gasteiger charge is 2.01. The summed E-state index contributed by atoms with van der Waals surface area (Å²) in [6, 6.07) is 2.13. The molecular weight excluding hydrogens is 118 g/mol. The third-order valence-electron chi connectivity index (χ3n) is 0.860. The zero-order valence-electron chi connectivity index (χ0n) is 5.29. The molecule has 9 heavy (non-hydrogen) atoms. The molecule has 0 rings (SSSR count). The van der Waals surface area contributed by atoms with Crippen molar-refractivity contribution in [3.63, 3.8) is 0 Å². The molecule has 0 radical (unpaired) electrons. The summed E-state index contributed by atoms with van der Waals surface area (Å²) in [4.78, 5) is 11.5. The standard InChI is InChI=1S/C6H9NO2/c1-3-7(4-5-8)6(2)9/h1,8H,4-5H2,2H3. The Morgan fingerprint density at radius 1 is 1.89 bits per heavy atom. The van der Waals surface area contributed by atoms with Gasteiger partial charge in [-0.1, -0.05) is 6.42 Å². The Bertz CT molecular complexity index is 136. The van der Waals surface area contributed by atoms with Crippen LogP contribution < -0.4 is 0 Å². The molecule has 0 atom stereocenters. The average Bonchev–Trinajstić information content (AvgIpc) is 1.82. The van der Waals surface area contributed by atoms with Crippen LogP contribution in [0, 0.1) is 12.5 Å². The van der Waals surface area contributed by atoms with Gasteiger partial charge in [-0.15, -0.1) is 0 Å². The highest BCUT2D eigenvalue weighted by Crippen LogP contribution is 1.82. The SMILES string of the molecule is C#CN(CCO)C(C)=O. The predicted octanol–water partition coefficient (Wildman–Crippen LogP) is -0.582. The van der Waals surface area contributed by atoms with Crippen molar-refractivity contribution in [2.45, 2.75) is 6.92 Å². The van der Waals surface area contributed by atoms with Gasteiger partial charge < -0.3 is 5.11 Å². The lowest BCUT2D eigenvalue weighted by molar-refractivity contribution is -0.126. The molecule has 0 saturated heterocycles. The molecule has 0 fully saturated rings. The first-order valence-electron chi connectivity index (χ1n) is 2.57. The highest BCUT2D eigenvalue weighted by atomic mass is 16.3. The van der Waals surface area contributed by atoms with E-state index in [1.807, 2.05) is 0 Å². The summed E-state index contributed by atoms with van der Waals surface area (Å²) in [5.74, 6) is -0.216. The third kappa shape index (κ3) is 2.73. The molecule has 0 aliphatic rings. The van der Waals surface area contributed by atoms with Crippen molar-refractivity contribution in [1.29, 1.82) is 0 Å². The van der Waals surface area contributed by atoms with Crippen LogP contribution >= 0.6 is 0 Å². The second kappa shape index (κ2) is 3.93. The molecule has 0 aromatic carbocycles. The van der Waals surface area contributed by atoms with Gasteiger partial charge in [-0.25, -0.2) is 0 Å². The van der Waals surface area contributed by atoms with Crippen LogP contribution in [0.5, 0.6) is 0 Å². The number of terminal acetylenes is 1. The van der Waals surface area contributed by atoms with Crippen LogP contribution in [0.15, 0.2) is 0 Å². The fraction of sp³-hybridized carbons (Fsp3) is 0.500. The summed E-state index contributed by atoms with van der Waals surface area (Å²) >= 11 is 0. The molecule has 0 spiro atoms. The maximum absolute atomic E-state index is 10.4. The first-order valence-corrected chi connectivity index (χ1v) is 2.57. The van der Waals surface area contributed by atoms with Crippen molar-refractivity contribution in [2.24, 2.45) is 0 Å². The van der Waals surface area contributed by atoms with E-state index in [-0.39, 0.29) is 19.1 Å². The Morgan fingerprint density at radius 2 is 2.44 bits per heavy atom. The lowest BCUT2D eigenvalue weighted by Crippen LogP contribution is -2.26. The highest BCUT2D eigenvalue weighted by molar-refractivity contribution is 5.75. The fourth-order valence-electron chi connectivity index (χ4n) is 0.413. The van der Waals surface area contributed by atoms with Gasteiger partial charge in [0.15, 0.2) is 0 Å². The lowest BCUT2D eigenvalue weighted by Gasteiger charge is -2.09. The second-order valence-electron chi connectivity index (χ2n) is 1.52. The van der Waals surface area contributed by atoms with Gasteiger partial charge in [-0.05, 0) is 0 Å². The number of carbonyl (C=O) groups excluding carboxylic acids is 1. The number of hydrogen-bond donors (Lipinski definition) is 1. The van der Waals surface area contributed by atoms with Crippen LogP contribution in [0.25, 0.3) is 0 Å². The van der Waals surface area contributed by atoms with Gasteiger partial charge in [0.05, 0.1) is 13.2 Å². The molecule has 0 heterocycles. The second-order valence-corrected chi connectivity index (χ2v) is 1.52. The van der Waals surface area contributed by atoms with Crippen molar-refractivity contribution < 1.29 is 9.90 Å². The largest absolute Gasteiger partial charge is 0.394 e. The van der Waals surface area contributed by atoms with Crippen molar-refractivity contribution in [3.8, 4) is 12.5 Å². The number of rotatable bonds is 2. The zero-order chi connectivity index (χ0) is 7.28. The molecule has 0 aliphatic heterocycles. The molecule has 0 aliphatic carbocycles. The van der Waals surface area contributed by atoms with Gasteiger partial charge in [-0.2, -0.15) is 0 Å². The minimum Gasteiger partial charge on any atom is -0.394 e. The van der Waals surface area contributed by atoms with Crippen LogP contribution in [0.4, 0.5) is 0 Å². The number of nitrogens with zero attached hydrogens (tertiary/aromatic N) is 1.